The highest BCUT2D eigenvalue weighted by atomic mass is 15.1. The second-order valence-corrected chi connectivity index (χ2v) is 14.8. The number of para-hydroxylation sites is 3. The van der Waals surface area contributed by atoms with Crippen LogP contribution in [0.1, 0.15) is 11.1 Å². The molecular formula is C54H40N4. The van der Waals surface area contributed by atoms with Gasteiger partial charge in [0.25, 0.3) is 0 Å². The minimum atomic E-state index is 0.724. The third kappa shape index (κ3) is 6.41. The van der Waals surface area contributed by atoms with E-state index in [1.165, 1.54) is 44.1 Å². The van der Waals surface area contributed by atoms with Crippen LogP contribution in [0.3, 0.4) is 0 Å². The Hall–Kier alpha value is -7.56. The van der Waals surface area contributed by atoms with Gasteiger partial charge >= 0.3 is 0 Å². The Bertz CT molecular complexity index is 2920. The average molecular weight is 745 g/mol. The molecule has 0 atom stereocenters. The Morgan fingerprint density at radius 3 is 1.55 bits per heavy atom. The van der Waals surface area contributed by atoms with Gasteiger partial charge in [0.2, 0.25) is 0 Å². The minimum absolute atomic E-state index is 0.724. The van der Waals surface area contributed by atoms with Gasteiger partial charge in [-0.25, -0.2) is 9.97 Å². The molecule has 10 aromatic rings. The Morgan fingerprint density at radius 2 is 0.914 bits per heavy atom. The number of nitrogens with zero attached hydrogens (tertiary/aromatic N) is 4. The van der Waals surface area contributed by atoms with Gasteiger partial charge in [-0.3, -0.25) is 0 Å². The third-order valence-electron chi connectivity index (χ3n) is 11.0. The van der Waals surface area contributed by atoms with Gasteiger partial charge in [0.05, 0.1) is 22.4 Å². The van der Waals surface area contributed by atoms with E-state index in [1.54, 1.807) is 0 Å². The second kappa shape index (κ2) is 14.8. The standard InChI is InChI=1S/C54H40N4/c1-37-33-42(34-38(2)53(37)50-36-49(40-17-7-3-8-18-40)55-54(56-50)41-19-9-4-10-20-41)39-27-29-45(30-28-39)58-51-26-16-15-25-47(51)48-35-46(31-32-52(48)58)57(43-21-11-5-12-22-43)44-23-13-6-14-24-44/h3-36H,1-2H3. The molecule has 10 rings (SSSR count). The van der Waals surface area contributed by atoms with Gasteiger partial charge in [-0.05, 0) is 103 Å². The lowest BCUT2D eigenvalue weighted by Gasteiger charge is -2.25. The maximum atomic E-state index is 5.14. The summed E-state index contributed by atoms with van der Waals surface area (Å²) in [6.07, 6.45) is 0. The first-order valence-corrected chi connectivity index (χ1v) is 19.7. The van der Waals surface area contributed by atoms with Crippen molar-refractivity contribution < 1.29 is 0 Å². The van der Waals surface area contributed by atoms with Crippen molar-refractivity contribution in [1.82, 2.24) is 14.5 Å². The zero-order chi connectivity index (χ0) is 39.0. The van der Waals surface area contributed by atoms with E-state index in [-0.39, 0.29) is 0 Å². The van der Waals surface area contributed by atoms with Crippen molar-refractivity contribution in [2.45, 2.75) is 13.8 Å². The SMILES string of the molecule is Cc1cc(-c2ccc(-n3c4ccccc4c4cc(N(c5ccccc5)c5ccccc5)ccc43)cc2)cc(C)c1-c1cc(-c2ccccc2)nc(-c2ccccc2)n1. The Labute approximate surface area is 339 Å². The topological polar surface area (TPSA) is 34.0 Å². The molecule has 58 heavy (non-hydrogen) atoms. The van der Waals surface area contributed by atoms with Crippen molar-refractivity contribution in [3.8, 4) is 50.7 Å². The molecule has 0 saturated heterocycles. The van der Waals surface area contributed by atoms with Gasteiger partial charge in [-0.15, -0.1) is 0 Å². The van der Waals surface area contributed by atoms with Gasteiger partial charge in [-0.2, -0.15) is 0 Å². The number of anilines is 3. The number of rotatable bonds is 8. The summed E-state index contributed by atoms with van der Waals surface area (Å²) in [4.78, 5) is 12.5. The van der Waals surface area contributed by atoms with E-state index < -0.39 is 0 Å². The van der Waals surface area contributed by atoms with Crippen molar-refractivity contribution in [3.63, 3.8) is 0 Å². The van der Waals surface area contributed by atoms with E-state index in [1.807, 2.05) is 24.3 Å². The predicted octanol–water partition coefficient (Wildman–Crippen LogP) is 14.3. The first-order chi connectivity index (χ1) is 28.6. The molecule has 0 bridgehead atoms. The van der Waals surface area contributed by atoms with Crippen LogP contribution in [-0.2, 0) is 0 Å². The molecule has 0 N–H and O–H groups in total. The molecule has 8 aromatic carbocycles. The maximum Gasteiger partial charge on any atom is 0.160 e. The van der Waals surface area contributed by atoms with Crippen LogP contribution in [0.25, 0.3) is 72.5 Å². The third-order valence-corrected chi connectivity index (χ3v) is 11.0. The van der Waals surface area contributed by atoms with Crippen LogP contribution in [-0.4, -0.2) is 14.5 Å². The maximum absolute atomic E-state index is 5.14. The number of benzene rings is 8. The smallest absolute Gasteiger partial charge is 0.160 e. The number of aromatic nitrogens is 3. The lowest BCUT2D eigenvalue weighted by atomic mass is 9.93. The molecular weight excluding hydrogens is 705 g/mol. The largest absolute Gasteiger partial charge is 0.310 e. The molecule has 0 fully saturated rings. The first-order valence-electron chi connectivity index (χ1n) is 19.7. The molecule has 0 radical (unpaired) electrons. The molecule has 4 heteroatoms. The first kappa shape index (κ1) is 34.9. The molecule has 0 aliphatic heterocycles. The summed E-state index contributed by atoms with van der Waals surface area (Å²) in [7, 11) is 0. The highest BCUT2D eigenvalue weighted by molar-refractivity contribution is 6.10. The summed E-state index contributed by atoms with van der Waals surface area (Å²) in [6, 6.07) is 73.0. The zero-order valence-electron chi connectivity index (χ0n) is 32.4. The summed E-state index contributed by atoms with van der Waals surface area (Å²) >= 11 is 0. The van der Waals surface area contributed by atoms with Gasteiger partial charge in [0.1, 0.15) is 0 Å². The normalized spacial score (nSPS) is 11.3. The number of hydrogen-bond acceptors (Lipinski definition) is 3. The monoisotopic (exact) mass is 744 g/mol. The molecule has 0 amide bonds. The molecule has 2 aromatic heterocycles. The van der Waals surface area contributed by atoms with Gasteiger partial charge in [-0.1, -0.05) is 140 Å². The van der Waals surface area contributed by atoms with Crippen molar-refractivity contribution >= 4 is 38.9 Å². The van der Waals surface area contributed by atoms with Crippen LogP contribution in [0.5, 0.6) is 0 Å². The molecule has 0 aliphatic rings. The van der Waals surface area contributed by atoms with E-state index in [9.17, 15) is 0 Å². The van der Waals surface area contributed by atoms with E-state index >= 15 is 0 Å². The molecule has 0 saturated carbocycles. The highest BCUT2D eigenvalue weighted by Gasteiger charge is 2.18. The van der Waals surface area contributed by atoms with Crippen LogP contribution >= 0.6 is 0 Å². The van der Waals surface area contributed by atoms with E-state index in [2.05, 4.69) is 205 Å². The molecule has 0 unspecified atom stereocenters. The molecule has 4 nitrogen and oxygen atoms in total. The lowest BCUT2D eigenvalue weighted by molar-refractivity contribution is 1.17. The van der Waals surface area contributed by atoms with Crippen LogP contribution in [0, 0.1) is 13.8 Å². The van der Waals surface area contributed by atoms with Crippen molar-refractivity contribution in [3.05, 3.63) is 217 Å². The fraction of sp³-hybridized carbons (Fsp3) is 0.0370. The number of fused-ring (bicyclic) bond motifs is 3. The quantitative estimate of drug-likeness (QED) is 0.155. The van der Waals surface area contributed by atoms with E-state index in [0.717, 1.165) is 56.7 Å². The zero-order valence-corrected chi connectivity index (χ0v) is 32.4. The minimum Gasteiger partial charge on any atom is -0.310 e. The van der Waals surface area contributed by atoms with Crippen molar-refractivity contribution in [2.24, 2.45) is 0 Å². The number of aryl methyl sites for hydroxylation is 2. The fourth-order valence-electron chi connectivity index (χ4n) is 8.37. The van der Waals surface area contributed by atoms with Crippen LogP contribution in [0.15, 0.2) is 206 Å². The molecule has 2 heterocycles. The van der Waals surface area contributed by atoms with Crippen molar-refractivity contribution in [2.75, 3.05) is 4.90 Å². The van der Waals surface area contributed by atoms with Crippen LogP contribution < -0.4 is 4.90 Å². The summed E-state index contributed by atoms with van der Waals surface area (Å²) in [5.74, 6) is 0.724. The molecule has 0 aliphatic carbocycles. The van der Waals surface area contributed by atoms with Gasteiger partial charge in [0.15, 0.2) is 5.82 Å². The average Bonchev–Trinajstić information content (AvgIpc) is 3.61. The van der Waals surface area contributed by atoms with Gasteiger partial charge in [0, 0.05) is 50.2 Å². The lowest BCUT2D eigenvalue weighted by Crippen LogP contribution is -2.09. The van der Waals surface area contributed by atoms with Crippen molar-refractivity contribution in [1.29, 1.82) is 0 Å². The second-order valence-electron chi connectivity index (χ2n) is 14.8. The number of hydrogen-bond donors (Lipinski definition) is 0. The molecule has 0 spiro atoms. The summed E-state index contributed by atoms with van der Waals surface area (Å²) in [5, 5.41) is 2.44. The molecule has 276 valence electrons. The Kier molecular flexibility index (Phi) is 8.92. The van der Waals surface area contributed by atoms with E-state index in [0.29, 0.717) is 0 Å². The Morgan fingerprint density at radius 1 is 0.379 bits per heavy atom. The van der Waals surface area contributed by atoms with Crippen LogP contribution in [0.4, 0.5) is 17.1 Å². The van der Waals surface area contributed by atoms with Crippen LogP contribution in [0.2, 0.25) is 0 Å². The summed E-state index contributed by atoms with van der Waals surface area (Å²) < 4.78 is 2.39. The fourth-order valence-corrected chi connectivity index (χ4v) is 8.37. The Balaban J connectivity index is 1.02. The summed E-state index contributed by atoms with van der Waals surface area (Å²) in [5.41, 5.74) is 16.6. The van der Waals surface area contributed by atoms with E-state index in [4.69, 9.17) is 9.97 Å². The van der Waals surface area contributed by atoms with Gasteiger partial charge < -0.3 is 9.47 Å². The highest BCUT2D eigenvalue weighted by Crippen LogP contribution is 2.40. The summed E-state index contributed by atoms with van der Waals surface area (Å²) in [6.45, 7) is 4.38. The predicted molar refractivity (Wildman–Crippen MR) is 242 cm³/mol.